The summed E-state index contributed by atoms with van der Waals surface area (Å²) in [4.78, 5) is 31.5. The van der Waals surface area contributed by atoms with Gasteiger partial charge in [-0.15, -0.1) is 0 Å². The Bertz CT molecular complexity index is 1430. The molecule has 42 heavy (non-hydrogen) atoms. The van der Waals surface area contributed by atoms with Crippen molar-refractivity contribution < 1.29 is 9.53 Å². The monoisotopic (exact) mass is 567 g/mol. The Kier molecular flexibility index (Phi) is 7.05. The van der Waals surface area contributed by atoms with Crippen LogP contribution < -0.4 is 14.5 Å². The number of carbonyl (C=O) groups is 1. The van der Waals surface area contributed by atoms with Gasteiger partial charge in [0.1, 0.15) is 12.4 Å². The maximum absolute atomic E-state index is 12.5. The van der Waals surface area contributed by atoms with Crippen LogP contribution in [0.15, 0.2) is 30.9 Å². The Morgan fingerprint density at radius 1 is 1.14 bits per heavy atom. The fraction of sp³-hybridized carbons (Fsp3) is 0.576. The molecule has 1 spiro atoms. The lowest BCUT2D eigenvalue weighted by Gasteiger charge is -2.42. The molecule has 1 amide bonds. The first-order valence-electron chi connectivity index (χ1n) is 15.6. The molecule has 2 aromatic rings. The van der Waals surface area contributed by atoms with Crippen molar-refractivity contribution >= 4 is 17.4 Å². The standard InChI is InChI=1S/C33H41N7O2/c1-3-30(41)40-17-16-39(20-24(40)9-13-34)31-26-10-15-38(29-8-4-6-23-18-33(11-12-33)19-27(23)29)21-28(26)35-32(36-31)42-22-25-7-5-14-37(25)2/h3-4,6,8,24-25H,1,5,7,9-12,14-22H2,2H3/t24-,25-/m0/s1. The predicted molar refractivity (Wildman–Crippen MR) is 162 cm³/mol. The summed E-state index contributed by atoms with van der Waals surface area (Å²) in [5.41, 5.74) is 7.16. The second-order valence-corrected chi connectivity index (χ2v) is 13.0. The highest BCUT2D eigenvalue weighted by Gasteiger charge is 2.48. The molecule has 0 bridgehead atoms. The third kappa shape index (κ3) is 5.00. The molecule has 1 aromatic carbocycles. The molecular weight excluding hydrogens is 526 g/mol. The Labute approximate surface area is 248 Å². The molecule has 2 aliphatic carbocycles. The number of rotatable bonds is 7. The van der Waals surface area contributed by atoms with Gasteiger partial charge in [0, 0.05) is 43.5 Å². The van der Waals surface area contributed by atoms with Gasteiger partial charge >= 0.3 is 6.01 Å². The lowest BCUT2D eigenvalue weighted by molar-refractivity contribution is -0.128. The number of nitriles is 1. The van der Waals surface area contributed by atoms with Crippen LogP contribution in [0.25, 0.3) is 0 Å². The maximum atomic E-state index is 12.5. The largest absolute Gasteiger partial charge is 0.462 e. The number of nitrogens with zero attached hydrogens (tertiary/aromatic N) is 7. The molecule has 2 atom stereocenters. The van der Waals surface area contributed by atoms with Crippen molar-refractivity contribution in [2.45, 2.75) is 70.0 Å². The SMILES string of the molecule is C=CC(=O)N1CCN(c2nc(OC[C@@H]3CCCN3C)nc3c2CCN(c2cccc4c2CC2(CC2)C4)C3)C[C@@H]1CC#N. The number of likely N-dealkylation sites (N-methyl/N-ethyl adjacent to an activating group) is 1. The Morgan fingerprint density at radius 3 is 2.79 bits per heavy atom. The molecule has 5 aliphatic rings. The molecule has 3 aliphatic heterocycles. The first-order valence-corrected chi connectivity index (χ1v) is 15.6. The van der Waals surface area contributed by atoms with E-state index in [-0.39, 0.29) is 18.4 Å². The van der Waals surface area contributed by atoms with Crippen molar-refractivity contribution in [3.05, 3.63) is 53.2 Å². The van der Waals surface area contributed by atoms with Crippen LogP contribution in [0.3, 0.4) is 0 Å². The first kappa shape index (κ1) is 27.2. The zero-order chi connectivity index (χ0) is 28.8. The Morgan fingerprint density at radius 2 is 2.02 bits per heavy atom. The molecule has 9 heteroatoms. The van der Waals surface area contributed by atoms with Gasteiger partial charge in [-0.1, -0.05) is 18.7 Å². The van der Waals surface area contributed by atoms with E-state index >= 15 is 0 Å². The van der Waals surface area contributed by atoms with E-state index in [0.717, 1.165) is 44.0 Å². The van der Waals surface area contributed by atoms with E-state index in [4.69, 9.17) is 14.7 Å². The number of amides is 1. The lowest BCUT2D eigenvalue weighted by atomic mass is 10.00. The third-order valence-electron chi connectivity index (χ3n) is 10.3. The highest BCUT2D eigenvalue weighted by molar-refractivity contribution is 5.87. The van der Waals surface area contributed by atoms with Crippen LogP contribution in [0.5, 0.6) is 6.01 Å². The summed E-state index contributed by atoms with van der Waals surface area (Å²) in [6.07, 6.45) is 9.92. The van der Waals surface area contributed by atoms with Gasteiger partial charge in [0.15, 0.2) is 0 Å². The van der Waals surface area contributed by atoms with Crippen molar-refractivity contribution in [3.63, 3.8) is 0 Å². The van der Waals surface area contributed by atoms with Crippen LogP contribution in [-0.2, 0) is 30.6 Å². The van der Waals surface area contributed by atoms with Crippen LogP contribution in [0.2, 0.25) is 0 Å². The van der Waals surface area contributed by atoms with E-state index in [0.29, 0.717) is 43.7 Å². The highest BCUT2D eigenvalue weighted by Crippen LogP contribution is 2.57. The zero-order valence-electron chi connectivity index (χ0n) is 24.7. The fourth-order valence-electron chi connectivity index (χ4n) is 7.67. The normalized spacial score (nSPS) is 24.3. The predicted octanol–water partition coefficient (Wildman–Crippen LogP) is 3.51. The van der Waals surface area contributed by atoms with Gasteiger partial charge in [-0.05, 0) is 87.2 Å². The molecule has 9 nitrogen and oxygen atoms in total. The van der Waals surface area contributed by atoms with Crippen molar-refractivity contribution in [1.82, 2.24) is 19.8 Å². The van der Waals surface area contributed by atoms with Crippen LogP contribution >= 0.6 is 0 Å². The van der Waals surface area contributed by atoms with Crippen LogP contribution in [-0.4, -0.2) is 84.1 Å². The second kappa shape index (κ2) is 10.9. The van der Waals surface area contributed by atoms with Gasteiger partial charge in [-0.3, -0.25) is 4.79 Å². The van der Waals surface area contributed by atoms with Crippen molar-refractivity contribution in [1.29, 1.82) is 5.26 Å². The van der Waals surface area contributed by atoms with Crippen molar-refractivity contribution in [2.75, 3.05) is 56.2 Å². The Hall–Kier alpha value is -3.64. The summed E-state index contributed by atoms with van der Waals surface area (Å²) < 4.78 is 6.32. The lowest BCUT2D eigenvalue weighted by Crippen LogP contribution is -2.55. The molecule has 220 valence electrons. The fourth-order valence-corrected chi connectivity index (χ4v) is 7.67. The van der Waals surface area contributed by atoms with Gasteiger partial charge in [0.25, 0.3) is 0 Å². The number of aromatic nitrogens is 2. The number of ether oxygens (including phenoxy) is 1. The molecular formula is C33H41N7O2. The number of piperazine rings is 1. The summed E-state index contributed by atoms with van der Waals surface area (Å²) in [6, 6.07) is 9.72. The number of anilines is 2. The average Bonchev–Trinajstić information content (AvgIpc) is 3.45. The topological polar surface area (TPSA) is 88.8 Å². The summed E-state index contributed by atoms with van der Waals surface area (Å²) >= 11 is 0. The Balaban J connectivity index is 1.19. The maximum Gasteiger partial charge on any atom is 0.318 e. The van der Waals surface area contributed by atoms with Crippen LogP contribution in [0.4, 0.5) is 11.5 Å². The number of fused-ring (bicyclic) bond motifs is 2. The minimum atomic E-state index is -0.210. The minimum Gasteiger partial charge on any atom is -0.462 e. The molecule has 0 radical (unpaired) electrons. The van der Waals surface area contributed by atoms with Gasteiger partial charge < -0.3 is 24.3 Å². The van der Waals surface area contributed by atoms with E-state index in [9.17, 15) is 10.1 Å². The average molecular weight is 568 g/mol. The quantitative estimate of drug-likeness (QED) is 0.470. The molecule has 1 aromatic heterocycles. The number of hydrogen-bond donors (Lipinski definition) is 0. The van der Waals surface area contributed by atoms with E-state index < -0.39 is 0 Å². The highest BCUT2D eigenvalue weighted by atomic mass is 16.5. The summed E-state index contributed by atoms with van der Waals surface area (Å²) in [5, 5.41) is 9.53. The summed E-state index contributed by atoms with van der Waals surface area (Å²) in [7, 11) is 2.15. The van der Waals surface area contributed by atoms with Gasteiger partial charge in [0.05, 0.1) is 30.8 Å². The molecule has 0 unspecified atom stereocenters. The number of hydrogen-bond acceptors (Lipinski definition) is 8. The van der Waals surface area contributed by atoms with Crippen LogP contribution in [0.1, 0.15) is 54.5 Å². The molecule has 2 saturated heterocycles. The number of likely N-dealkylation sites (tertiary alicyclic amines) is 1. The molecule has 0 N–H and O–H groups in total. The van der Waals surface area contributed by atoms with Crippen molar-refractivity contribution in [2.24, 2.45) is 5.41 Å². The van der Waals surface area contributed by atoms with E-state index in [1.54, 1.807) is 4.90 Å². The van der Waals surface area contributed by atoms with Gasteiger partial charge in [-0.25, -0.2) is 0 Å². The number of carbonyl (C=O) groups excluding carboxylic acids is 1. The molecule has 1 saturated carbocycles. The van der Waals surface area contributed by atoms with Crippen LogP contribution in [0, 0.1) is 16.7 Å². The minimum absolute atomic E-state index is 0.122. The molecule has 7 rings (SSSR count). The van der Waals surface area contributed by atoms with E-state index in [2.05, 4.69) is 52.6 Å². The van der Waals surface area contributed by atoms with E-state index in [1.165, 1.54) is 60.6 Å². The van der Waals surface area contributed by atoms with Crippen molar-refractivity contribution in [3.8, 4) is 12.1 Å². The van der Waals surface area contributed by atoms with Gasteiger partial charge in [-0.2, -0.15) is 15.2 Å². The molecule has 4 heterocycles. The molecule has 3 fully saturated rings. The first-order chi connectivity index (χ1) is 20.5. The van der Waals surface area contributed by atoms with Gasteiger partial charge in [0.2, 0.25) is 5.91 Å². The third-order valence-corrected chi connectivity index (χ3v) is 10.3. The smallest absolute Gasteiger partial charge is 0.318 e. The number of benzene rings is 1. The second-order valence-electron chi connectivity index (χ2n) is 13.0. The zero-order valence-corrected chi connectivity index (χ0v) is 24.7. The van der Waals surface area contributed by atoms with E-state index in [1.807, 2.05) is 0 Å². The summed E-state index contributed by atoms with van der Waals surface area (Å²) in [6.45, 7) is 8.71. The summed E-state index contributed by atoms with van der Waals surface area (Å²) in [5.74, 6) is 0.779.